The quantitative estimate of drug-likeness (QED) is 0.855. The molecule has 1 heterocycles. The molecule has 1 aromatic heterocycles. The molecule has 0 radical (unpaired) electrons. The smallest absolute Gasteiger partial charge is 0.234 e. The molecule has 1 atom stereocenters. The molecule has 2 rings (SSSR count). The summed E-state index contributed by atoms with van der Waals surface area (Å²) in [6.45, 7) is 1.44. The number of hydrogen-bond donors (Lipinski definition) is 2. The molecule has 0 aromatic carbocycles. The summed E-state index contributed by atoms with van der Waals surface area (Å²) in [6.07, 6.45) is 4.95. The Kier molecular flexibility index (Phi) is 4.75. The van der Waals surface area contributed by atoms with Crippen LogP contribution in [-0.2, 0) is 9.84 Å². The van der Waals surface area contributed by atoms with Crippen LogP contribution in [0.25, 0.3) is 0 Å². The Bertz CT molecular complexity index is 507. The topological polar surface area (TPSA) is 92.2 Å². The molecule has 0 unspecified atom stereocenters. The minimum atomic E-state index is -3.52. The lowest BCUT2D eigenvalue weighted by atomic mass is 9.96. The summed E-state index contributed by atoms with van der Waals surface area (Å²) in [5, 5.41) is 20.6. The van der Waals surface area contributed by atoms with Crippen LogP contribution in [0.3, 0.4) is 0 Å². The number of rotatable bonds is 5. The molecule has 0 spiro atoms. The van der Waals surface area contributed by atoms with E-state index < -0.39 is 15.9 Å². The number of aliphatic hydroxyl groups excluding tert-OH is 1. The van der Waals surface area contributed by atoms with E-state index in [0.29, 0.717) is 11.2 Å². The highest BCUT2D eigenvalue weighted by atomic mass is 32.2. The van der Waals surface area contributed by atoms with Crippen molar-refractivity contribution in [3.05, 3.63) is 0 Å². The molecule has 2 N–H and O–H groups in total. The lowest BCUT2D eigenvalue weighted by Gasteiger charge is -2.21. The lowest BCUT2D eigenvalue weighted by Crippen LogP contribution is -2.22. The summed E-state index contributed by atoms with van der Waals surface area (Å²) in [5.74, 6) is -0.314. The molecule has 1 saturated carbocycles. The number of aliphatic hydroxyl groups is 1. The van der Waals surface area contributed by atoms with E-state index >= 15 is 0 Å². The van der Waals surface area contributed by atoms with E-state index in [-0.39, 0.29) is 10.1 Å². The Hall–Kier alpha value is -0.730. The third-order valence-electron chi connectivity index (χ3n) is 3.07. The van der Waals surface area contributed by atoms with Crippen LogP contribution >= 0.6 is 11.3 Å². The summed E-state index contributed by atoms with van der Waals surface area (Å²) in [6, 6.07) is 0.369. The van der Waals surface area contributed by atoms with Crippen molar-refractivity contribution in [1.82, 2.24) is 10.2 Å². The molecule has 0 amide bonds. The fraction of sp³-hybridized carbons (Fsp3) is 0.818. The summed E-state index contributed by atoms with van der Waals surface area (Å²) in [4.78, 5) is 0. The highest BCUT2D eigenvalue weighted by Gasteiger charge is 2.23. The molecular formula is C11H19N3O3S2. The fourth-order valence-electron chi connectivity index (χ4n) is 2.20. The number of nitrogens with zero attached hydrogens (tertiary/aromatic N) is 2. The van der Waals surface area contributed by atoms with Crippen molar-refractivity contribution >= 4 is 26.3 Å². The van der Waals surface area contributed by atoms with Crippen molar-refractivity contribution in [3.8, 4) is 0 Å². The first kappa shape index (κ1) is 14.7. The molecular weight excluding hydrogens is 286 g/mol. The van der Waals surface area contributed by atoms with Crippen molar-refractivity contribution in [3.63, 3.8) is 0 Å². The predicted octanol–water partition coefficient (Wildman–Crippen LogP) is 1.44. The molecule has 1 aromatic rings. The molecule has 19 heavy (non-hydrogen) atoms. The van der Waals surface area contributed by atoms with E-state index in [4.69, 9.17) is 0 Å². The average Bonchev–Trinajstić information content (AvgIpc) is 2.78. The van der Waals surface area contributed by atoms with Crippen molar-refractivity contribution in [2.45, 2.75) is 55.5 Å². The number of nitrogens with one attached hydrogen (secondary N) is 1. The maximum absolute atomic E-state index is 11.9. The molecule has 6 nitrogen and oxygen atoms in total. The highest BCUT2D eigenvalue weighted by Crippen LogP contribution is 2.26. The predicted molar refractivity (Wildman–Crippen MR) is 74.1 cm³/mol. The second-order valence-electron chi connectivity index (χ2n) is 4.98. The minimum absolute atomic E-state index is 0.0216. The Morgan fingerprint density at radius 3 is 2.68 bits per heavy atom. The van der Waals surface area contributed by atoms with Crippen molar-refractivity contribution in [1.29, 1.82) is 0 Å². The number of hydrogen-bond acceptors (Lipinski definition) is 7. The Morgan fingerprint density at radius 1 is 1.37 bits per heavy atom. The van der Waals surface area contributed by atoms with Gasteiger partial charge in [-0.05, 0) is 19.8 Å². The number of sulfone groups is 1. The van der Waals surface area contributed by atoms with E-state index in [1.807, 2.05) is 0 Å². The van der Waals surface area contributed by atoms with Gasteiger partial charge in [0.25, 0.3) is 0 Å². The molecule has 0 bridgehead atoms. The highest BCUT2D eigenvalue weighted by molar-refractivity contribution is 7.93. The monoisotopic (exact) mass is 305 g/mol. The van der Waals surface area contributed by atoms with Gasteiger partial charge in [-0.25, -0.2) is 8.42 Å². The van der Waals surface area contributed by atoms with Crippen molar-refractivity contribution < 1.29 is 13.5 Å². The summed E-state index contributed by atoms with van der Waals surface area (Å²) in [5.41, 5.74) is 0. The van der Waals surface area contributed by atoms with Crippen LogP contribution in [0, 0.1) is 0 Å². The molecule has 1 aliphatic rings. The zero-order valence-corrected chi connectivity index (χ0v) is 12.5. The molecule has 0 saturated heterocycles. The van der Waals surface area contributed by atoms with Crippen molar-refractivity contribution in [2.24, 2.45) is 0 Å². The minimum Gasteiger partial charge on any atom is -0.392 e. The summed E-state index contributed by atoms with van der Waals surface area (Å²) in [7, 11) is -3.52. The van der Waals surface area contributed by atoms with Gasteiger partial charge >= 0.3 is 0 Å². The van der Waals surface area contributed by atoms with Gasteiger partial charge in [-0.3, -0.25) is 0 Å². The molecule has 108 valence electrons. The van der Waals surface area contributed by atoms with Gasteiger partial charge < -0.3 is 10.4 Å². The van der Waals surface area contributed by atoms with Crippen LogP contribution in [0.4, 0.5) is 5.13 Å². The third-order valence-corrected chi connectivity index (χ3v) is 6.26. The third kappa shape index (κ3) is 4.12. The van der Waals surface area contributed by atoms with Gasteiger partial charge in [0.15, 0.2) is 0 Å². The van der Waals surface area contributed by atoms with Crippen LogP contribution in [0.2, 0.25) is 0 Å². The van der Waals surface area contributed by atoms with E-state index in [2.05, 4.69) is 15.5 Å². The largest absolute Gasteiger partial charge is 0.392 e. The molecule has 0 aliphatic heterocycles. The first-order valence-corrected chi connectivity index (χ1v) is 8.95. The first-order chi connectivity index (χ1) is 8.97. The Morgan fingerprint density at radius 2 is 2.05 bits per heavy atom. The number of anilines is 1. The SMILES string of the molecule is C[C@H](O)CS(=O)(=O)c1nnc(NC2CCCCC2)s1. The van der Waals surface area contributed by atoms with Crippen LogP contribution in [-0.4, -0.2) is 41.6 Å². The standard InChI is InChI=1S/C11H19N3O3S2/c1-8(15)7-19(16,17)11-14-13-10(18-11)12-9-5-3-2-4-6-9/h8-9,15H,2-7H2,1H3,(H,12,13)/t8-/m0/s1. The van der Waals surface area contributed by atoms with Gasteiger partial charge in [-0.2, -0.15) is 0 Å². The van der Waals surface area contributed by atoms with Crippen molar-refractivity contribution in [2.75, 3.05) is 11.1 Å². The first-order valence-electron chi connectivity index (χ1n) is 6.48. The number of aromatic nitrogens is 2. The molecule has 1 aliphatic carbocycles. The van der Waals surface area contributed by atoms with Gasteiger partial charge in [0.2, 0.25) is 19.3 Å². The van der Waals surface area contributed by atoms with Gasteiger partial charge in [0.05, 0.1) is 11.9 Å². The van der Waals surface area contributed by atoms with Crippen LogP contribution in [0.5, 0.6) is 0 Å². The maximum Gasteiger partial charge on any atom is 0.234 e. The lowest BCUT2D eigenvalue weighted by molar-refractivity contribution is 0.218. The second-order valence-corrected chi connectivity index (χ2v) is 8.17. The molecule has 1 fully saturated rings. The van der Waals surface area contributed by atoms with Crippen LogP contribution in [0.1, 0.15) is 39.0 Å². The summed E-state index contributed by atoms with van der Waals surface area (Å²) >= 11 is 1.04. The van der Waals surface area contributed by atoms with Gasteiger partial charge in [0, 0.05) is 6.04 Å². The Balaban J connectivity index is 2.02. The maximum atomic E-state index is 11.9. The average molecular weight is 305 g/mol. The normalized spacial score (nSPS) is 19.3. The van der Waals surface area contributed by atoms with Gasteiger partial charge in [0.1, 0.15) is 0 Å². The van der Waals surface area contributed by atoms with Gasteiger partial charge in [-0.15, -0.1) is 10.2 Å². The van der Waals surface area contributed by atoms with E-state index in [0.717, 1.165) is 24.2 Å². The van der Waals surface area contributed by atoms with E-state index in [1.54, 1.807) is 0 Å². The van der Waals surface area contributed by atoms with E-state index in [9.17, 15) is 13.5 Å². The van der Waals surface area contributed by atoms with Crippen LogP contribution < -0.4 is 5.32 Å². The van der Waals surface area contributed by atoms with Gasteiger partial charge in [-0.1, -0.05) is 30.6 Å². The van der Waals surface area contributed by atoms with E-state index in [1.165, 1.54) is 26.2 Å². The Labute approximate surface area is 117 Å². The zero-order valence-electron chi connectivity index (χ0n) is 10.9. The molecule has 8 heteroatoms. The second kappa shape index (κ2) is 6.15. The summed E-state index contributed by atoms with van der Waals surface area (Å²) < 4.78 is 23.7. The zero-order chi connectivity index (χ0) is 13.9. The van der Waals surface area contributed by atoms with Crippen LogP contribution in [0.15, 0.2) is 4.34 Å². The fourth-order valence-corrected chi connectivity index (χ4v) is 4.65.